The molecule has 0 radical (unpaired) electrons. The molecule has 0 unspecified atom stereocenters. The van der Waals surface area contributed by atoms with E-state index < -0.39 is 8.15 Å². The summed E-state index contributed by atoms with van der Waals surface area (Å²) in [7, 11) is -0.814. The van der Waals surface area contributed by atoms with Crippen LogP contribution < -0.4 is 10.6 Å². The molecule has 2 heteroatoms. The van der Waals surface area contributed by atoms with Gasteiger partial charge in [0, 0.05) is 10.6 Å². The highest BCUT2D eigenvalue weighted by molar-refractivity contribution is 7.68. The first-order chi connectivity index (χ1) is 10.8. The van der Waals surface area contributed by atoms with Crippen LogP contribution in [0.15, 0.2) is 91.0 Å². The molecular formula is C20H19OP. The Morgan fingerprint density at radius 1 is 0.636 bits per heavy atom. The van der Waals surface area contributed by atoms with E-state index in [1.165, 1.54) is 16.2 Å². The van der Waals surface area contributed by atoms with Gasteiger partial charge in [-0.2, -0.15) is 0 Å². The standard InChI is InChI=1S/C20H19OP/c1-17(18-11-5-2-6-12-18)21-22(19-13-7-3-8-14-19)20-15-9-4-10-16-20/h2-17H,1H3/t17-/m1/s1. The zero-order chi connectivity index (χ0) is 15.2. The van der Waals surface area contributed by atoms with Crippen molar-refractivity contribution in [1.82, 2.24) is 0 Å². The topological polar surface area (TPSA) is 9.23 Å². The van der Waals surface area contributed by atoms with E-state index in [1.807, 2.05) is 18.2 Å². The van der Waals surface area contributed by atoms with Gasteiger partial charge < -0.3 is 4.52 Å². The molecule has 3 aromatic rings. The molecular weight excluding hydrogens is 287 g/mol. The van der Waals surface area contributed by atoms with Gasteiger partial charge in [0.05, 0.1) is 14.3 Å². The molecule has 0 amide bonds. The maximum Gasteiger partial charge on any atom is 0.0926 e. The third-order valence-electron chi connectivity index (χ3n) is 3.51. The fraction of sp³-hybridized carbons (Fsp3) is 0.100. The van der Waals surface area contributed by atoms with Crippen molar-refractivity contribution in [3.05, 3.63) is 96.6 Å². The third kappa shape index (κ3) is 3.62. The highest BCUT2D eigenvalue weighted by Crippen LogP contribution is 2.40. The Balaban J connectivity index is 1.90. The normalized spacial score (nSPS) is 12.3. The number of hydrogen-bond donors (Lipinski definition) is 0. The van der Waals surface area contributed by atoms with Crippen molar-refractivity contribution in [3.63, 3.8) is 0 Å². The first kappa shape index (κ1) is 15.0. The Bertz CT molecular complexity index is 643. The van der Waals surface area contributed by atoms with Gasteiger partial charge in [0.1, 0.15) is 0 Å². The van der Waals surface area contributed by atoms with Gasteiger partial charge in [-0.3, -0.25) is 0 Å². The summed E-state index contributed by atoms with van der Waals surface area (Å²) in [5.74, 6) is 0. The van der Waals surface area contributed by atoms with Gasteiger partial charge in [0.2, 0.25) is 0 Å². The van der Waals surface area contributed by atoms with Crippen molar-refractivity contribution in [2.24, 2.45) is 0 Å². The fourth-order valence-corrected chi connectivity index (χ4v) is 4.21. The molecule has 1 atom stereocenters. The summed E-state index contributed by atoms with van der Waals surface area (Å²) in [6, 6.07) is 31.4. The lowest BCUT2D eigenvalue weighted by molar-refractivity contribution is 0.261. The van der Waals surface area contributed by atoms with Crippen LogP contribution in [-0.4, -0.2) is 0 Å². The number of benzene rings is 3. The molecule has 110 valence electrons. The molecule has 0 bridgehead atoms. The van der Waals surface area contributed by atoms with Gasteiger partial charge in [-0.25, -0.2) is 0 Å². The first-order valence-corrected chi connectivity index (χ1v) is 8.72. The second-order valence-corrected chi connectivity index (χ2v) is 6.96. The van der Waals surface area contributed by atoms with Gasteiger partial charge in [-0.05, 0) is 12.5 Å². The van der Waals surface area contributed by atoms with E-state index >= 15 is 0 Å². The Labute approximate surface area is 133 Å². The smallest absolute Gasteiger partial charge is 0.0926 e. The van der Waals surface area contributed by atoms with Gasteiger partial charge in [-0.1, -0.05) is 91.0 Å². The first-order valence-electron chi connectivity index (χ1n) is 7.46. The SMILES string of the molecule is C[C@@H](OP(c1ccccc1)c1ccccc1)c1ccccc1. The lowest BCUT2D eigenvalue weighted by Gasteiger charge is -2.23. The largest absolute Gasteiger partial charge is 0.342 e. The maximum absolute atomic E-state index is 6.47. The monoisotopic (exact) mass is 306 g/mol. The molecule has 0 aromatic heterocycles. The van der Waals surface area contributed by atoms with Crippen molar-refractivity contribution in [2.75, 3.05) is 0 Å². The minimum absolute atomic E-state index is 0.0627. The summed E-state index contributed by atoms with van der Waals surface area (Å²) in [6.45, 7) is 2.12. The summed E-state index contributed by atoms with van der Waals surface area (Å²) < 4.78 is 6.47. The summed E-state index contributed by atoms with van der Waals surface area (Å²) in [5, 5.41) is 2.48. The lowest BCUT2D eigenvalue weighted by atomic mass is 10.1. The molecule has 0 N–H and O–H groups in total. The Morgan fingerprint density at radius 2 is 1.05 bits per heavy atom. The summed E-state index contributed by atoms with van der Waals surface area (Å²) >= 11 is 0. The van der Waals surface area contributed by atoms with Crippen LogP contribution in [0.3, 0.4) is 0 Å². The predicted octanol–water partition coefficient (Wildman–Crippen LogP) is 4.81. The predicted molar refractivity (Wildman–Crippen MR) is 95.0 cm³/mol. The van der Waals surface area contributed by atoms with E-state index in [9.17, 15) is 0 Å². The van der Waals surface area contributed by atoms with Crippen LogP contribution in [0.25, 0.3) is 0 Å². The van der Waals surface area contributed by atoms with Crippen LogP contribution in [0.2, 0.25) is 0 Å². The molecule has 1 nitrogen and oxygen atoms in total. The molecule has 0 heterocycles. The average Bonchev–Trinajstić information content (AvgIpc) is 2.62. The fourth-order valence-electron chi connectivity index (χ4n) is 2.34. The average molecular weight is 306 g/mol. The minimum Gasteiger partial charge on any atom is -0.342 e. The minimum atomic E-state index is -0.814. The van der Waals surface area contributed by atoms with Crippen molar-refractivity contribution in [3.8, 4) is 0 Å². The molecule has 3 aromatic carbocycles. The quantitative estimate of drug-likeness (QED) is 0.615. The van der Waals surface area contributed by atoms with Crippen LogP contribution in [0.5, 0.6) is 0 Å². The maximum atomic E-state index is 6.47. The van der Waals surface area contributed by atoms with Crippen LogP contribution >= 0.6 is 8.15 Å². The van der Waals surface area contributed by atoms with Gasteiger partial charge in [-0.15, -0.1) is 0 Å². The number of hydrogen-bond acceptors (Lipinski definition) is 1. The molecule has 0 saturated heterocycles. The summed E-state index contributed by atoms with van der Waals surface area (Å²) in [6.07, 6.45) is 0.0627. The Morgan fingerprint density at radius 3 is 1.50 bits per heavy atom. The van der Waals surface area contributed by atoms with Crippen LogP contribution in [0, 0.1) is 0 Å². The third-order valence-corrected chi connectivity index (χ3v) is 5.58. The zero-order valence-electron chi connectivity index (χ0n) is 12.6. The van der Waals surface area contributed by atoms with Crippen LogP contribution in [0.1, 0.15) is 18.6 Å². The molecule has 0 fully saturated rings. The molecule has 22 heavy (non-hydrogen) atoms. The molecule has 0 aliphatic rings. The molecule has 0 aliphatic heterocycles. The van der Waals surface area contributed by atoms with Gasteiger partial charge >= 0.3 is 0 Å². The highest BCUT2D eigenvalue weighted by atomic mass is 31.1. The summed E-state index contributed by atoms with van der Waals surface area (Å²) in [4.78, 5) is 0. The van der Waals surface area contributed by atoms with E-state index in [1.54, 1.807) is 0 Å². The van der Waals surface area contributed by atoms with Gasteiger partial charge in [0.25, 0.3) is 0 Å². The van der Waals surface area contributed by atoms with Crippen molar-refractivity contribution in [1.29, 1.82) is 0 Å². The van der Waals surface area contributed by atoms with E-state index in [2.05, 4.69) is 79.7 Å². The van der Waals surface area contributed by atoms with Gasteiger partial charge in [0.15, 0.2) is 0 Å². The highest BCUT2D eigenvalue weighted by Gasteiger charge is 2.18. The Hall–Kier alpha value is -1.95. The van der Waals surface area contributed by atoms with Crippen molar-refractivity contribution >= 4 is 18.8 Å². The molecule has 3 rings (SSSR count). The van der Waals surface area contributed by atoms with Crippen LogP contribution in [-0.2, 0) is 4.52 Å². The van der Waals surface area contributed by atoms with Crippen LogP contribution in [0.4, 0.5) is 0 Å². The zero-order valence-corrected chi connectivity index (χ0v) is 13.5. The van der Waals surface area contributed by atoms with E-state index in [0.717, 1.165) is 0 Å². The van der Waals surface area contributed by atoms with E-state index in [0.29, 0.717) is 0 Å². The second-order valence-electron chi connectivity index (χ2n) is 5.12. The Kier molecular flexibility index (Phi) is 5.00. The summed E-state index contributed by atoms with van der Waals surface area (Å²) in [5.41, 5.74) is 1.21. The number of rotatable bonds is 5. The van der Waals surface area contributed by atoms with Crippen molar-refractivity contribution in [2.45, 2.75) is 13.0 Å². The lowest BCUT2D eigenvalue weighted by Crippen LogP contribution is -2.15. The van der Waals surface area contributed by atoms with E-state index in [4.69, 9.17) is 4.52 Å². The molecule has 0 aliphatic carbocycles. The molecule has 0 saturated carbocycles. The molecule has 0 spiro atoms. The second kappa shape index (κ2) is 7.35. The van der Waals surface area contributed by atoms with Crippen molar-refractivity contribution < 1.29 is 4.52 Å². The van der Waals surface area contributed by atoms with E-state index in [-0.39, 0.29) is 6.10 Å².